The normalized spacial score (nSPS) is 25.7. The average Bonchev–Trinajstić information content (AvgIpc) is 2.38. The van der Waals surface area contributed by atoms with Gasteiger partial charge >= 0.3 is 0 Å². The second kappa shape index (κ2) is 6.85. The Morgan fingerprint density at radius 2 is 1.84 bits per heavy atom. The minimum atomic E-state index is -3.62. The van der Waals surface area contributed by atoms with Gasteiger partial charge in [0.15, 0.2) is 0 Å². The van der Waals surface area contributed by atoms with E-state index < -0.39 is 10.2 Å². The van der Waals surface area contributed by atoms with Crippen molar-refractivity contribution in [3.05, 3.63) is 0 Å². The lowest BCUT2D eigenvalue weighted by atomic mass is 9.98. The average molecular weight is 313 g/mol. The number of nitrogens with two attached hydrogens (primary N) is 1. The van der Waals surface area contributed by atoms with Gasteiger partial charge in [-0.15, -0.1) is 12.4 Å². The van der Waals surface area contributed by atoms with Crippen LogP contribution in [0.5, 0.6) is 0 Å². The number of halogens is 1. The van der Waals surface area contributed by atoms with Crippen LogP contribution < -0.4 is 10.5 Å². The molecule has 0 aromatic rings. The fraction of sp³-hybridized carbons (Fsp3) is 0.900. The molecule has 3 N–H and O–H groups in total. The summed E-state index contributed by atoms with van der Waals surface area (Å²) in [5.41, 5.74) is 0. The molecule has 2 rings (SSSR count). The smallest absolute Gasteiger partial charge is 0.277 e. The Labute approximate surface area is 120 Å². The Morgan fingerprint density at radius 3 is 2.32 bits per heavy atom. The van der Waals surface area contributed by atoms with Gasteiger partial charge in [-0.1, -0.05) is 0 Å². The van der Waals surface area contributed by atoms with Crippen LogP contribution in [0, 0.1) is 5.92 Å². The summed E-state index contributed by atoms with van der Waals surface area (Å²) in [7, 11) is -3.62. The third kappa shape index (κ3) is 4.28. The number of amides is 1. The van der Waals surface area contributed by atoms with Crippen molar-refractivity contribution in [1.82, 2.24) is 14.5 Å². The van der Waals surface area contributed by atoms with Gasteiger partial charge in [0.2, 0.25) is 5.91 Å². The zero-order chi connectivity index (χ0) is 13.2. The molecule has 0 bridgehead atoms. The van der Waals surface area contributed by atoms with Crippen LogP contribution in [0.3, 0.4) is 0 Å². The molecular formula is C10H21ClN4O3S. The molecule has 2 aliphatic heterocycles. The lowest BCUT2D eigenvalue weighted by Gasteiger charge is -2.35. The number of piperidine rings is 1. The molecule has 1 atom stereocenters. The third-order valence-corrected chi connectivity index (χ3v) is 4.64. The fourth-order valence-corrected chi connectivity index (χ4v) is 3.16. The number of nitrogens with zero attached hydrogens (tertiary/aromatic N) is 2. The molecule has 0 radical (unpaired) electrons. The minimum absolute atomic E-state index is 0. The summed E-state index contributed by atoms with van der Waals surface area (Å²) in [5, 5.41) is 8.27. The summed E-state index contributed by atoms with van der Waals surface area (Å²) in [5.74, 6) is 0.177. The molecule has 112 valence electrons. The van der Waals surface area contributed by atoms with Crippen molar-refractivity contribution in [1.29, 1.82) is 0 Å². The highest BCUT2D eigenvalue weighted by Crippen LogP contribution is 2.15. The van der Waals surface area contributed by atoms with E-state index in [9.17, 15) is 13.2 Å². The van der Waals surface area contributed by atoms with E-state index in [0.29, 0.717) is 26.2 Å². The van der Waals surface area contributed by atoms with E-state index in [4.69, 9.17) is 5.14 Å². The van der Waals surface area contributed by atoms with Crippen molar-refractivity contribution in [2.24, 2.45) is 11.1 Å². The second-order valence-electron chi connectivity index (χ2n) is 4.81. The largest absolute Gasteiger partial charge is 0.340 e. The standard InChI is InChI=1S/C10H20N4O3S.ClH/c11-18(16,17)14-6-4-13(5-7-14)10(15)9-2-1-3-12-8-9;/h9,12H,1-8H2,(H2,11,16,17);1H/t9-;/m1./s1. The first-order valence-electron chi connectivity index (χ1n) is 6.26. The fourth-order valence-electron chi connectivity index (χ4n) is 2.48. The van der Waals surface area contributed by atoms with Crippen LogP contribution in [-0.4, -0.2) is 62.8 Å². The number of hydrogen-bond donors (Lipinski definition) is 2. The first-order chi connectivity index (χ1) is 8.48. The van der Waals surface area contributed by atoms with Gasteiger partial charge in [-0.25, -0.2) is 5.14 Å². The Morgan fingerprint density at radius 1 is 1.21 bits per heavy atom. The molecule has 0 spiro atoms. The van der Waals surface area contributed by atoms with Gasteiger partial charge < -0.3 is 10.2 Å². The molecule has 2 aliphatic rings. The van der Waals surface area contributed by atoms with Gasteiger partial charge in [0.1, 0.15) is 0 Å². The minimum Gasteiger partial charge on any atom is -0.340 e. The molecule has 0 aromatic heterocycles. The van der Waals surface area contributed by atoms with E-state index in [1.165, 1.54) is 4.31 Å². The molecule has 2 saturated heterocycles. The Bertz CT molecular complexity index is 403. The molecule has 0 aromatic carbocycles. The van der Waals surface area contributed by atoms with E-state index in [1.807, 2.05) is 0 Å². The first-order valence-corrected chi connectivity index (χ1v) is 7.76. The van der Waals surface area contributed by atoms with Gasteiger partial charge in [-0.2, -0.15) is 12.7 Å². The topological polar surface area (TPSA) is 95.7 Å². The number of carbonyl (C=O) groups is 1. The zero-order valence-corrected chi connectivity index (χ0v) is 12.4. The van der Waals surface area contributed by atoms with E-state index in [0.717, 1.165) is 25.9 Å². The van der Waals surface area contributed by atoms with Crippen molar-refractivity contribution in [3.8, 4) is 0 Å². The Kier molecular flexibility index (Phi) is 6.00. The molecule has 7 nitrogen and oxygen atoms in total. The van der Waals surface area contributed by atoms with Gasteiger partial charge in [-0.3, -0.25) is 4.79 Å². The number of nitrogens with one attached hydrogen (secondary N) is 1. The predicted molar refractivity (Wildman–Crippen MR) is 74.1 cm³/mol. The molecule has 9 heteroatoms. The molecule has 1 amide bonds. The van der Waals surface area contributed by atoms with E-state index >= 15 is 0 Å². The predicted octanol–water partition coefficient (Wildman–Crippen LogP) is -1.24. The monoisotopic (exact) mass is 312 g/mol. The van der Waals surface area contributed by atoms with Crippen molar-refractivity contribution in [2.75, 3.05) is 39.3 Å². The van der Waals surface area contributed by atoms with Crippen molar-refractivity contribution >= 4 is 28.5 Å². The lowest BCUT2D eigenvalue weighted by Crippen LogP contribution is -2.54. The highest BCUT2D eigenvalue weighted by Gasteiger charge is 2.30. The molecule has 0 unspecified atom stereocenters. The maximum absolute atomic E-state index is 12.2. The maximum Gasteiger partial charge on any atom is 0.277 e. The highest BCUT2D eigenvalue weighted by atomic mass is 35.5. The molecule has 0 aliphatic carbocycles. The van der Waals surface area contributed by atoms with Crippen LogP contribution in [0.2, 0.25) is 0 Å². The molecule has 19 heavy (non-hydrogen) atoms. The van der Waals surface area contributed by atoms with Gasteiger partial charge in [-0.05, 0) is 19.4 Å². The number of piperazine rings is 1. The van der Waals surface area contributed by atoms with E-state index in [2.05, 4.69) is 5.32 Å². The van der Waals surface area contributed by atoms with Gasteiger partial charge in [0, 0.05) is 32.7 Å². The molecule has 2 fully saturated rings. The Balaban J connectivity index is 0.00000180. The van der Waals surface area contributed by atoms with Crippen LogP contribution >= 0.6 is 12.4 Å². The van der Waals surface area contributed by atoms with Crippen LogP contribution in [-0.2, 0) is 15.0 Å². The Hall–Kier alpha value is -0.410. The SMILES string of the molecule is Cl.NS(=O)(=O)N1CCN(C(=O)[C@@H]2CCCNC2)CC1. The van der Waals surface area contributed by atoms with Crippen molar-refractivity contribution in [3.63, 3.8) is 0 Å². The van der Waals surface area contributed by atoms with Gasteiger partial charge in [0.05, 0.1) is 5.92 Å². The second-order valence-corrected chi connectivity index (χ2v) is 6.36. The van der Waals surface area contributed by atoms with E-state index in [-0.39, 0.29) is 24.2 Å². The summed E-state index contributed by atoms with van der Waals surface area (Å²) in [6.07, 6.45) is 1.94. The zero-order valence-electron chi connectivity index (χ0n) is 10.7. The summed E-state index contributed by atoms with van der Waals surface area (Å²) < 4.78 is 23.5. The van der Waals surface area contributed by atoms with Crippen LogP contribution in [0.15, 0.2) is 0 Å². The van der Waals surface area contributed by atoms with Crippen molar-refractivity contribution in [2.45, 2.75) is 12.8 Å². The lowest BCUT2D eigenvalue weighted by molar-refractivity contribution is -0.137. The molecule has 0 saturated carbocycles. The molecular weight excluding hydrogens is 292 g/mol. The van der Waals surface area contributed by atoms with Crippen molar-refractivity contribution < 1.29 is 13.2 Å². The number of hydrogen-bond acceptors (Lipinski definition) is 4. The number of carbonyl (C=O) groups excluding carboxylic acids is 1. The van der Waals surface area contributed by atoms with Crippen LogP contribution in [0.1, 0.15) is 12.8 Å². The summed E-state index contributed by atoms with van der Waals surface area (Å²) >= 11 is 0. The quantitative estimate of drug-likeness (QED) is 0.666. The first kappa shape index (κ1) is 16.6. The summed E-state index contributed by atoms with van der Waals surface area (Å²) in [6, 6.07) is 0. The number of rotatable bonds is 2. The van der Waals surface area contributed by atoms with Crippen LogP contribution in [0.4, 0.5) is 0 Å². The van der Waals surface area contributed by atoms with E-state index in [1.54, 1.807) is 4.90 Å². The highest BCUT2D eigenvalue weighted by molar-refractivity contribution is 7.86. The van der Waals surface area contributed by atoms with Crippen LogP contribution in [0.25, 0.3) is 0 Å². The third-order valence-electron chi connectivity index (χ3n) is 3.56. The maximum atomic E-state index is 12.2. The van der Waals surface area contributed by atoms with Gasteiger partial charge in [0.25, 0.3) is 10.2 Å². The summed E-state index contributed by atoms with van der Waals surface area (Å²) in [4.78, 5) is 13.9. The molecule has 2 heterocycles. The summed E-state index contributed by atoms with van der Waals surface area (Å²) in [6.45, 7) is 3.17.